The van der Waals surface area contributed by atoms with Gasteiger partial charge in [0.15, 0.2) is 11.6 Å². The van der Waals surface area contributed by atoms with E-state index >= 15 is 0 Å². The number of ether oxygens (including phenoxy) is 1. The van der Waals surface area contributed by atoms with Crippen LogP contribution in [-0.4, -0.2) is 24.3 Å². The molecule has 1 aliphatic rings. The van der Waals surface area contributed by atoms with Gasteiger partial charge in [-0.3, -0.25) is 4.79 Å². The molecule has 0 bridgehead atoms. The second-order valence-electron chi connectivity index (χ2n) is 6.76. The van der Waals surface area contributed by atoms with Crippen LogP contribution in [0.3, 0.4) is 0 Å². The number of hydrogen-bond donors (Lipinski definition) is 0. The van der Waals surface area contributed by atoms with Crippen molar-refractivity contribution in [3.8, 4) is 22.6 Å². The Kier molecular flexibility index (Phi) is 4.51. The molecule has 0 saturated heterocycles. The van der Waals surface area contributed by atoms with Crippen LogP contribution in [0.2, 0.25) is 0 Å². The van der Waals surface area contributed by atoms with Gasteiger partial charge in [0.2, 0.25) is 15.6 Å². The molecule has 1 aromatic heterocycles. The third-order valence-electron chi connectivity index (χ3n) is 4.75. The predicted molar refractivity (Wildman–Crippen MR) is 102 cm³/mol. The lowest BCUT2D eigenvalue weighted by molar-refractivity contribution is 0.437. The summed E-state index contributed by atoms with van der Waals surface area (Å²) in [4.78, 5) is 11.9. The first-order valence-corrected chi connectivity index (χ1v) is 10.0. The number of pyridine rings is 1. The van der Waals surface area contributed by atoms with Crippen molar-refractivity contribution in [2.75, 3.05) is 7.05 Å². The Labute approximate surface area is 165 Å². The van der Waals surface area contributed by atoms with Crippen molar-refractivity contribution in [3.63, 3.8) is 0 Å². The first-order valence-electron chi connectivity index (χ1n) is 8.60. The minimum Gasteiger partial charge on any atom is -0.454 e. The second-order valence-corrected chi connectivity index (χ2v) is 8.77. The first kappa shape index (κ1) is 19.3. The highest BCUT2D eigenvalue weighted by molar-refractivity contribution is 7.89. The standard InChI is InChI=1S/C20H16F2N2O4S/c1-23-10-12(3-6-20(23)25)15-9-19-13(11-24(2)29(19,26)27)7-18(15)28-17-5-4-14(21)8-16(17)22/h3-10H,11H2,1-2H3. The van der Waals surface area contributed by atoms with Crippen LogP contribution in [-0.2, 0) is 23.6 Å². The lowest BCUT2D eigenvalue weighted by Crippen LogP contribution is -2.18. The molecule has 0 amide bonds. The van der Waals surface area contributed by atoms with Gasteiger partial charge in [-0.05, 0) is 35.9 Å². The number of sulfonamides is 1. The molecule has 0 atom stereocenters. The maximum absolute atomic E-state index is 14.1. The number of nitrogens with zero attached hydrogens (tertiary/aromatic N) is 2. The zero-order valence-electron chi connectivity index (χ0n) is 15.5. The van der Waals surface area contributed by atoms with E-state index in [4.69, 9.17) is 4.74 Å². The number of aryl methyl sites for hydroxylation is 1. The Bertz CT molecular complexity index is 1300. The van der Waals surface area contributed by atoms with Crippen LogP contribution >= 0.6 is 0 Å². The van der Waals surface area contributed by atoms with Gasteiger partial charge in [-0.2, -0.15) is 4.31 Å². The molecule has 0 fully saturated rings. The van der Waals surface area contributed by atoms with E-state index in [0.29, 0.717) is 22.8 Å². The van der Waals surface area contributed by atoms with Crippen molar-refractivity contribution in [2.45, 2.75) is 11.4 Å². The molecule has 0 unspecified atom stereocenters. The summed E-state index contributed by atoms with van der Waals surface area (Å²) in [6, 6.07) is 8.77. The molecule has 29 heavy (non-hydrogen) atoms. The Morgan fingerprint density at radius 2 is 1.76 bits per heavy atom. The molecule has 4 rings (SSSR count). The summed E-state index contributed by atoms with van der Waals surface area (Å²) in [5.74, 6) is -1.64. The lowest BCUT2D eigenvalue weighted by atomic mass is 10.0. The summed E-state index contributed by atoms with van der Waals surface area (Å²) in [7, 11) is -0.632. The summed E-state index contributed by atoms with van der Waals surface area (Å²) in [5.41, 5.74) is 1.13. The van der Waals surface area contributed by atoms with Crippen molar-refractivity contribution in [3.05, 3.63) is 76.2 Å². The van der Waals surface area contributed by atoms with Gasteiger partial charge in [0.25, 0.3) is 0 Å². The highest BCUT2D eigenvalue weighted by Gasteiger charge is 2.33. The van der Waals surface area contributed by atoms with Gasteiger partial charge in [-0.25, -0.2) is 17.2 Å². The molecule has 150 valence electrons. The Morgan fingerprint density at radius 1 is 1.00 bits per heavy atom. The number of hydrogen-bond acceptors (Lipinski definition) is 4. The third kappa shape index (κ3) is 3.32. The Morgan fingerprint density at radius 3 is 2.45 bits per heavy atom. The summed E-state index contributed by atoms with van der Waals surface area (Å²) in [6.07, 6.45) is 1.53. The minimum atomic E-state index is -3.65. The maximum Gasteiger partial charge on any atom is 0.250 e. The van der Waals surface area contributed by atoms with Crippen LogP contribution in [0.5, 0.6) is 11.5 Å². The fourth-order valence-electron chi connectivity index (χ4n) is 3.20. The van der Waals surface area contributed by atoms with Crippen molar-refractivity contribution >= 4 is 10.0 Å². The van der Waals surface area contributed by atoms with Crippen LogP contribution in [0.15, 0.2) is 58.4 Å². The summed E-state index contributed by atoms with van der Waals surface area (Å²) >= 11 is 0. The van der Waals surface area contributed by atoms with E-state index in [1.165, 1.54) is 46.4 Å². The molecule has 3 aromatic rings. The molecule has 2 heterocycles. The largest absolute Gasteiger partial charge is 0.454 e. The van der Waals surface area contributed by atoms with Crippen molar-refractivity contribution in [1.82, 2.24) is 8.87 Å². The van der Waals surface area contributed by atoms with Crippen molar-refractivity contribution < 1.29 is 21.9 Å². The van der Waals surface area contributed by atoms with E-state index < -0.39 is 21.7 Å². The lowest BCUT2D eigenvalue weighted by Gasteiger charge is -2.14. The third-order valence-corrected chi connectivity index (χ3v) is 6.64. The van der Waals surface area contributed by atoms with E-state index in [0.717, 1.165) is 12.1 Å². The van der Waals surface area contributed by atoms with Gasteiger partial charge in [0, 0.05) is 50.1 Å². The Hall–Kier alpha value is -3.04. The minimum absolute atomic E-state index is 0.121. The molecular formula is C20H16F2N2O4S. The van der Waals surface area contributed by atoms with Crippen LogP contribution in [0.1, 0.15) is 5.56 Å². The highest BCUT2D eigenvalue weighted by Crippen LogP contribution is 2.41. The zero-order valence-corrected chi connectivity index (χ0v) is 16.3. The fourth-order valence-corrected chi connectivity index (χ4v) is 4.56. The summed E-state index contributed by atoms with van der Waals surface area (Å²) < 4.78 is 60.8. The molecule has 6 nitrogen and oxygen atoms in total. The number of aromatic nitrogens is 1. The molecule has 0 aliphatic carbocycles. The van der Waals surface area contributed by atoms with Gasteiger partial charge >= 0.3 is 0 Å². The van der Waals surface area contributed by atoms with Crippen molar-refractivity contribution in [2.24, 2.45) is 7.05 Å². The van der Waals surface area contributed by atoms with Crippen LogP contribution in [0, 0.1) is 11.6 Å². The summed E-state index contributed by atoms with van der Waals surface area (Å²) in [6.45, 7) is 0.146. The van der Waals surface area contributed by atoms with Crippen molar-refractivity contribution in [1.29, 1.82) is 0 Å². The Balaban J connectivity index is 1.93. The first-order chi connectivity index (χ1) is 13.7. The van der Waals surface area contributed by atoms with E-state index in [-0.39, 0.29) is 28.5 Å². The molecule has 9 heteroatoms. The SMILES string of the molecule is CN1Cc2cc(Oc3ccc(F)cc3F)c(-c3ccc(=O)n(C)c3)cc2S1(=O)=O. The fraction of sp³-hybridized carbons (Fsp3) is 0.150. The van der Waals surface area contributed by atoms with Gasteiger partial charge < -0.3 is 9.30 Å². The van der Waals surface area contributed by atoms with E-state index in [9.17, 15) is 22.0 Å². The quantitative estimate of drug-likeness (QED) is 0.655. The molecular weight excluding hydrogens is 402 g/mol. The van der Waals surface area contributed by atoms with Crippen LogP contribution < -0.4 is 10.3 Å². The molecule has 0 spiro atoms. The molecule has 0 radical (unpaired) electrons. The molecule has 0 saturated carbocycles. The molecule has 1 aliphatic heterocycles. The average molecular weight is 418 g/mol. The number of fused-ring (bicyclic) bond motifs is 1. The van der Waals surface area contributed by atoms with Crippen LogP contribution in [0.25, 0.3) is 11.1 Å². The van der Waals surface area contributed by atoms with Gasteiger partial charge in [0.1, 0.15) is 11.6 Å². The smallest absolute Gasteiger partial charge is 0.250 e. The van der Waals surface area contributed by atoms with Gasteiger partial charge in [0.05, 0.1) is 4.90 Å². The average Bonchev–Trinajstić information content (AvgIpc) is 2.87. The highest BCUT2D eigenvalue weighted by atomic mass is 32.2. The number of benzene rings is 2. The van der Waals surface area contributed by atoms with E-state index in [1.54, 1.807) is 7.05 Å². The topological polar surface area (TPSA) is 68.6 Å². The predicted octanol–water partition coefficient (Wildman–Crippen LogP) is 3.26. The maximum atomic E-state index is 14.1. The monoisotopic (exact) mass is 418 g/mol. The normalized spacial score (nSPS) is 15.3. The zero-order chi connectivity index (χ0) is 20.9. The summed E-state index contributed by atoms with van der Waals surface area (Å²) in [5, 5.41) is 0. The molecule has 2 aromatic carbocycles. The van der Waals surface area contributed by atoms with E-state index in [1.807, 2.05) is 0 Å². The van der Waals surface area contributed by atoms with Crippen LogP contribution in [0.4, 0.5) is 8.78 Å². The number of halogens is 2. The second kappa shape index (κ2) is 6.78. The van der Waals surface area contributed by atoms with Gasteiger partial charge in [-0.1, -0.05) is 0 Å². The van der Waals surface area contributed by atoms with Gasteiger partial charge in [-0.15, -0.1) is 0 Å². The molecule has 0 N–H and O–H groups in total. The van der Waals surface area contributed by atoms with E-state index in [2.05, 4.69) is 0 Å². The number of rotatable bonds is 3.